The van der Waals surface area contributed by atoms with Crippen LogP contribution < -0.4 is 0 Å². The summed E-state index contributed by atoms with van der Waals surface area (Å²) in [5.41, 5.74) is 4.21. The second kappa shape index (κ2) is 5.87. The van der Waals surface area contributed by atoms with Crippen LogP contribution in [0.4, 0.5) is 4.39 Å². The van der Waals surface area contributed by atoms with Gasteiger partial charge in [-0.1, -0.05) is 29.0 Å². The van der Waals surface area contributed by atoms with Gasteiger partial charge in [0, 0.05) is 0 Å². The van der Waals surface area contributed by atoms with Gasteiger partial charge in [0.15, 0.2) is 11.0 Å². The molecule has 0 saturated carbocycles. The van der Waals surface area contributed by atoms with Crippen LogP contribution in [0.3, 0.4) is 0 Å². The Morgan fingerprint density at radius 3 is 2.46 bits per heavy atom. The summed E-state index contributed by atoms with van der Waals surface area (Å²) in [4.78, 5) is 0. The monoisotopic (exact) mass is 352 g/mol. The maximum atomic E-state index is 13.2. The fourth-order valence-electron chi connectivity index (χ4n) is 3.07. The van der Waals surface area contributed by atoms with Crippen LogP contribution in [-0.4, -0.2) is 29.8 Å². The van der Waals surface area contributed by atoms with Gasteiger partial charge in [-0.2, -0.15) is 0 Å². The number of fused-ring (bicyclic) bond motifs is 1. The van der Waals surface area contributed by atoms with E-state index in [9.17, 15) is 14.6 Å². The zero-order chi connectivity index (χ0) is 18.4. The lowest BCUT2D eigenvalue weighted by Gasteiger charge is -2.09. The van der Waals surface area contributed by atoms with Gasteiger partial charge in [0.2, 0.25) is 11.8 Å². The fraction of sp³-hybridized carbons (Fsp3) is 0.158. The van der Waals surface area contributed by atoms with Gasteiger partial charge in [-0.25, -0.2) is 13.6 Å². The first kappa shape index (κ1) is 16.1. The van der Waals surface area contributed by atoms with Gasteiger partial charge >= 0.3 is 0 Å². The van der Waals surface area contributed by atoms with Crippen LogP contribution in [0, 0.1) is 19.7 Å². The molecule has 4 aromatic rings. The molecule has 0 spiro atoms. The molecule has 0 saturated heterocycles. The van der Waals surface area contributed by atoms with Gasteiger partial charge in [-0.05, 0) is 49.2 Å². The highest BCUT2D eigenvalue weighted by Crippen LogP contribution is 2.37. The van der Waals surface area contributed by atoms with Crippen molar-refractivity contribution in [1.82, 2.24) is 19.6 Å². The summed E-state index contributed by atoms with van der Waals surface area (Å²) in [7, 11) is 0. The average molecular weight is 352 g/mol. The van der Waals surface area contributed by atoms with Gasteiger partial charge in [0.05, 0.1) is 12.2 Å². The number of rotatable bonds is 3. The van der Waals surface area contributed by atoms with Crippen molar-refractivity contribution in [1.29, 1.82) is 0 Å². The summed E-state index contributed by atoms with van der Waals surface area (Å²) in [6, 6.07) is 11.6. The summed E-state index contributed by atoms with van der Waals surface area (Å²) in [5, 5.41) is 29.2. The van der Waals surface area contributed by atoms with Crippen molar-refractivity contribution in [3.05, 3.63) is 65.0 Å². The molecule has 4 rings (SSSR count). The van der Waals surface area contributed by atoms with E-state index >= 15 is 0 Å². The molecule has 0 atom stereocenters. The molecule has 2 aromatic carbocycles. The van der Waals surface area contributed by atoms with Crippen LogP contribution in [0.25, 0.3) is 16.7 Å². The summed E-state index contributed by atoms with van der Waals surface area (Å²) >= 11 is 0. The lowest BCUT2D eigenvalue weighted by molar-refractivity contribution is 0.402. The molecule has 7 heteroatoms. The molecule has 0 bridgehead atoms. The number of hydrogen-bond donors (Lipinski definition) is 2. The smallest absolute Gasteiger partial charge is 0.229 e. The van der Waals surface area contributed by atoms with Gasteiger partial charge < -0.3 is 10.2 Å². The van der Waals surface area contributed by atoms with Crippen LogP contribution in [0.2, 0.25) is 0 Å². The van der Waals surface area contributed by atoms with Crippen molar-refractivity contribution in [3.63, 3.8) is 0 Å². The van der Waals surface area contributed by atoms with Crippen molar-refractivity contribution in [2.45, 2.75) is 20.4 Å². The molecule has 0 unspecified atom stereocenters. The first-order valence-corrected chi connectivity index (χ1v) is 8.13. The number of halogens is 1. The molecule has 0 amide bonds. The third-order valence-electron chi connectivity index (χ3n) is 4.49. The molecule has 0 aliphatic heterocycles. The summed E-state index contributed by atoms with van der Waals surface area (Å²) < 4.78 is 15.9. The number of aromatic nitrogens is 4. The Morgan fingerprint density at radius 1 is 1.00 bits per heavy atom. The van der Waals surface area contributed by atoms with Gasteiger partial charge in [-0.3, -0.25) is 0 Å². The Balaban J connectivity index is 1.84. The topological polar surface area (TPSA) is 76.1 Å². The van der Waals surface area contributed by atoms with Crippen LogP contribution in [0.1, 0.15) is 16.7 Å². The number of aryl methyl sites for hydroxylation is 2. The summed E-state index contributed by atoms with van der Waals surface area (Å²) in [6.07, 6.45) is 0. The highest BCUT2D eigenvalue weighted by molar-refractivity contribution is 5.87. The molecule has 0 aliphatic rings. The van der Waals surface area contributed by atoms with E-state index in [0.717, 1.165) is 16.7 Å². The highest BCUT2D eigenvalue weighted by Gasteiger charge is 2.23. The Hall–Kier alpha value is -3.35. The summed E-state index contributed by atoms with van der Waals surface area (Å²) in [6.45, 7) is 4.42. The van der Waals surface area contributed by atoms with E-state index in [-0.39, 0.29) is 17.3 Å². The van der Waals surface area contributed by atoms with E-state index in [0.29, 0.717) is 17.7 Å². The molecule has 0 fully saturated rings. The average Bonchev–Trinajstić information content (AvgIpc) is 3.13. The lowest BCUT2D eigenvalue weighted by Crippen LogP contribution is -2.04. The minimum Gasteiger partial charge on any atom is -0.493 e. The predicted octanol–water partition coefficient (Wildman–Crippen LogP) is 3.44. The van der Waals surface area contributed by atoms with Gasteiger partial charge in [0.1, 0.15) is 5.82 Å². The van der Waals surface area contributed by atoms with Crippen molar-refractivity contribution >= 4 is 11.0 Å². The quantitative estimate of drug-likeness (QED) is 0.592. The van der Waals surface area contributed by atoms with E-state index in [2.05, 4.69) is 16.4 Å². The van der Waals surface area contributed by atoms with Gasteiger partial charge in [0.25, 0.3) is 0 Å². The normalized spacial score (nSPS) is 11.3. The van der Waals surface area contributed by atoms with Crippen LogP contribution in [0.15, 0.2) is 42.5 Å². The molecular weight excluding hydrogens is 335 g/mol. The fourth-order valence-corrected chi connectivity index (χ4v) is 3.07. The predicted molar refractivity (Wildman–Crippen MR) is 95.2 cm³/mol. The second-order valence-electron chi connectivity index (χ2n) is 6.33. The first-order valence-electron chi connectivity index (χ1n) is 8.13. The molecular formula is C19H17FN4O2. The summed E-state index contributed by atoms with van der Waals surface area (Å²) in [5.74, 6) is -0.834. The van der Waals surface area contributed by atoms with Crippen molar-refractivity contribution in [3.8, 4) is 17.4 Å². The Kier molecular flexibility index (Phi) is 3.64. The molecule has 26 heavy (non-hydrogen) atoms. The SMILES string of the molecule is Cc1ccc(C)c(Cn2nnc3c(O)n(-c4ccc(F)cc4)c(O)c32)c1. The minimum atomic E-state index is -0.399. The third kappa shape index (κ3) is 2.48. The molecule has 132 valence electrons. The highest BCUT2D eigenvalue weighted by atomic mass is 19.1. The van der Waals surface area contributed by atoms with E-state index in [1.54, 1.807) is 4.68 Å². The van der Waals surface area contributed by atoms with Crippen LogP contribution in [0.5, 0.6) is 11.8 Å². The van der Waals surface area contributed by atoms with Crippen molar-refractivity contribution < 1.29 is 14.6 Å². The second-order valence-corrected chi connectivity index (χ2v) is 6.33. The van der Waals surface area contributed by atoms with E-state index in [1.165, 1.54) is 28.8 Å². The third-order valence-corrected chi connectivity index (χ3v) is 4.49. The van der Waals surface area contributed by atoms with E-state index in [1.807, 2.05) is 26.0 Å². The van der Waals surface area contributed by atoms with Crippen LogP contribution in [-0.2, 0) is 6.54 Å². The molecule has 2 N–H and O–H groups in total. The molecule has 6 nitrogen and oxygen atoms in total. The number of benzene rings is 2. The Morgan fingerprint density at radius 2 is 1.73 bits per heavy atom. The van der Waals surface area contributed by atoms with Crippen molar-refractivity contribution in [2.75, 3.05) is 0 Å². The van der Waals surface area contributed by atoms with E-state index in [4.69, 9.17) is 0 Å². The Bertz CT molecular complexity index is 1110. The van der Waals surface area contributed by atoms with Gasteiger partial charge in [-0.15, -0.1) is 5.10 Å². The zero-order valence-corrected chi connectivity index (χ0v) is 14.3. The minimum absolute atomic E-state index is 0.192. The Labute approximate surface area is 148 Å². The number of hydrogen-bond acceptors (Lipinski definition) is 4. The zero-order valence-electron chi connectivity index (χ0n) is 14.3. The van der Waals surface area contributed by atoms with E-state index < -0.39 is 5.82 Å². The maximum Gasteiger partial charge on any atom is 0.229 e. The van der Waals surface area contributed by atoms with Crippen molar-refractivity contribution in [2.24, 2.45) is 0 Å². The molecule has 2 heterocycles. The molecule has 0 aliphatic carbocycles. The molecule has 2 aromatic heterocycles. The standard InChI is InChI=1S/C19H17FN4O2/c1-11-3-4-12(2)13(9-11)10-23-17-16(21-22-23)18(25)24(19(17)26)15-7-5-14(20)6-8-15/h3-9,25-26H,10H2,1-2H3. The lowest BCUT2D eigenvalue weighted by atomic mass is 10.1. The van der Waals surface area contributed by atoms with Crippen LogP contribution >= 0.6 is 0 Å². The molecule has 0 radical (unpaired) electrons. The largest absolute Gasteiger partial charge is 0.493 e. The number of aromatic hydroxyl groups is 2. The number of nitrogens with zero attached hydrogens (tertiary/aromatic N) is 4. The maximum absolute atomic E-state index is 13.2. The first-order chi connectivity index (χ1) is 12.5.